The first-order valence-corrected chi connectivity index (χ1v) is 11.0. The predicted molar refractivity (Wildman–Crippen MR) is 110 cm³/mol. The van der Waals surface area contributed by atoms with Crippen LogP contribution in [0, 0.1) is 5.92 Å². The lowest BCUT2D eigenvalue weighted by Crippen LogP contribution is -2.52. The topological polar surface area (TPSA) is 43.9 Å². The zero-order valence-corrected chi connectivity index (χ0v) is 17.4. The van der Waals surface area contributed by atoms with E-state index in [4.69, 9.17) is 0 Å². The molecule has 2 saturated heterocycles. The molecule has 1 aromatic carbocycles. The number of hydrogen-bond acceptors (Lipinski definition) is 2. The molecule has 2 atom stereocenters. The second kappa shape index (κ2) is 7.76. The van der Waals surface area contributed by atoms with E-state index in [-0.39, 0.29) is 24.0 Å². The second-order valence-corrected chi connectivity index (χ2v) is 8.83. The molecule has 1 aliphatic carbocycles. The van der Waals surface area contributed by atoms with Crippen molar-refractivity contribution in [3.05, 3.63) is 35.4 Å². The number of rotatable bonds is 3. The highest BCUT2D eigenvalue weighted by atomic mass is 16.2. The van der Waals surface area contributed by atoms with Crippen molar-refractivity contribution in [2.24, 2.45) is 5.92 Å². The van der Waals surface area contributed by atoms with E-state index < -0.39 is 0 Å². The third-order valence-electron chi connectivity index (χ3n) is 6.98. The molecule has 5 nitrogen and oxygen atoms in total. The lowest BCUT2D eigenvalue weighted by atomic mass is 9.74. The Kier molecular flexibility index (Phi) is 5.35. The fourth-order valence-electron chi connectivity index (χ4n) is 5.43. The molecule has 4 aliphatic rings. The molecule has 1 aromatic rings. The van der Waals surface area contributed by atoms with Crippen molar-refractivity contribution in [2.75, 3.05) is 26.2 Å². The number of urea groups is 1. The molecule has 2 fully saturated rings. The number of carbonyl (C=O) groups excluding carboxylic acids is 2. The minimum absolute atomic E-state index is 0.0599. The van der Waals surface area contributed by atoms with E-state index in [2.05, 4.69) is 43.0 Å². The Morgan fingerprint density at radius 1 is 1.07 bits per heavy atom. The molecular formula is C23H33N3O2. The van der Waals surface area contributed by atoms with Crippen molar-refractivity contribution in [1.29, 1.82) is 0 Å². The Morgan fingerprint density at radius 3 is 2.39 bits per heavy atom. The monoisotopic (exact) mass is 383 g/mol. The Balaban J connectivity index is 1.40. The number of hydrogen-bond donors (Lipinski definition) is 0. The van der Waals surface area contributed by atoms with Crippen molar-refractivity contribution in [1.82, 2.24) is 14.7 Å². The molecule has 0 saturated carbocycles. The molecule has 5 heteroatoms. The van der Waals surface area contributed by atoms with E-state index in [1.807, 2.05) is 16.7 Å². The van der Waals surface area contributed by atoms with Gasteiger partial charge in [0.05, 0.1) is 6.04 Å². The highest BCUT2D eigenvalue weighted by Gasteiger charge is 2.42. The molecular weight excluding hydrogens is 350 g/mol. The summed E-state index contributed by atoms with van der Waals surface area (Å²) in [7, 11) is 0. The smallest absolute Gasteiger partial charge is 0.320 e. The summed E-state index contributed by atoms with van der Waals surface area (Å²) in [4.78, 5) is 32.1. The van der Waals surface area contributed by atoms with Crippen molar-refractivity contribution in [3.63, 3.8) is 0 Å². The van der Waals surface area contributed by atoms with Crippen LogP contribution in [0.25, 0.3) is 0 Å². The highest BCUT2D eigenvalue weighted by molar-refractivity contribution is 5.81. The van der Waals surface area contributed by atoms with Gasteiger partial charge in [-0.1, -0.05) is 24.3 Å². The van der Waals surface area contributed by atoms with Crippen molar-refractivity contribution in [3.8, 4) is 0 Å². The van der Waals surface area contributed by atoms with E-state index in [1.165, 1.54) is 17.5 Å². The van der Waals surface area contributed by atoms with Crippen LogP contribution in [0.15, 0.2) is 24.3 Å². The number of piperidine rings is 2. The maximum Gasteiger partial charge on any atom is 0.320 e. The first-order chi connectivity index (χ1) is 13.5. The van der Waals surface area contributed by atoms with E-state index in [1.54, 1.807) is 0 Å². The number of carbonyl (C=O) groups is 2. The fourth-order valence-corrected chi connectivity index (χ4v) is 5.43. The van der Waals surface area contributed by atoms with Gasteiger partial charge in [-0.05, 0) is 57.6 Å². The zero-order chi connectivity index (χ0) is 19.8. The number of benzene rings is 1. The van der Waals surface area contributed by atoms with Gasteiger partial charge in [0.15, 0.2) is 0 Å². The van der Waals surface area contributed by atoms with E-state index in [0.717, 1.165) is 32.4 Å². The number of fused-ring (bicyclic) bond motifs is 2. The third kappa shape index (κ3) is 3.29. The molecule has 3 amide bonds. The third-order valence-corrected chi connectivity index (χ3v) is 6.98. The molecule has 0 unspecified atom stereocenters. The van der Waals surface area contributed by atoms with Gasteiger partial charge in [-0.3, -0.25) is 4.79 Å². The van der Waals surface area contributed by atoms with Gasteiger partial charge in [-0.25, -0.2) is 4.79 Å². The first-order valence-electron chi connectivity index (χ1n) is 11.0. The van der Waals surface area contributed by atoms with Crippen LogP contribution in [0.5, 0.6) is 0 Å². The second-order valence-electron chi connectivity index (χ2n) is 8.83. The van der Waals surface area contributed by atoms with Crippen LogP contribution in [0.1, 0.15) is 69.5 Å². The Morgan fingerprint density at radius 2 is 1.75 bits per heavy atom. The van der Waals surface area contributed by atoms with Crippen LogP contribution in [-0.4, -0.2) is 58.9 Å². The number of likely N-dealkylation sites (tertiary alicyclic amines) is 1. The van der Waals surface area contributed by atoms with Crippen LogP contribution in [-0.2, 0) is 4.79 Å². The Bertz CT molecular complexity index is 739. The summed E-state index contributed by atoms with van der Waals surface area (Å²) in [6.45, 7) is 9.12. The lowest BCUT2D eigenvalue weighted by molar-refractivity contribution is -0.142. The number of amides is 3. The SMILES string of the molecule is CCN(C(=O)N1CCC(C(=O)N2C[C@H]3CC[C@H]2c2ccccc23)CC1)C(C)C. The summed E-state index contributed by atoms with van der Waals surface area (Å²) >= 11 is 0. The molecule has 28 heavy (non-hydrogen) atoms. The van der Waals surface area contributed by atoms with Gasteiger partial charge >= 0.3 is 6.03 Å². The molecule has 0 spiro atoms. The summed E-state index contributed by atoms with van der Waals surface area (Å²) in [5.74, 6) is 0.869. The first kappa shape index (κ1) is 19.3. The zero-order valence-electron chi connectivity index (χ0n) is 17.4. The quantitative estimate of drug-likeness (QED) is 0.792. The summed E-state index contributed by atoms with van der Waals surface area (Å²) in [6, 6.07) is 9.25. The van der Waals surface area contributed by atoms with Gasteiger partial charge in [0.1, 0.15) is 0 Å². The number of nitrogens with zero attached hydrogens (tertiary/aromatic N) is 3. The lowest BCUT2D eigenvalue weighted by Gasteiger charge is -2.48. The van der Waals surface area contributed by atoms with E-state index in [0.29, 0.717) is 24.9 Å². The van der Waals surface area contributed by atoms with Crippen LogP contribution >= 0.6 is 0 Å². The van der Waals surface area contributed by atoms with Gasteiger partial charge in [-0.15, -0.1) is 0 Å². The molecule has 0 radical (unpaired) electrons. The van der Waals surface area contributed by atoms with Crippen LogP contribution in [0.3, 0.4) is 0 Å². The van der Waals surface area contributed by atoms with Crippen LogP contribution < -0.4 is 0 Å². The summed E-state index contributed by atoms with van der Waals surface area (Å²) < 4.78 is 0. The minimum atomic E-state index is 0.0599. The maximum absolute atomic E-state index is 13.3. The normalized spacial score (nSPS) is 24.4. The van der Waals surface area contributed by atoms with E-state index in [9.17, 15) is 9.59 Å². The summed E-state index contributed by atoms with van der Waals surface area (Å²) in [5, 5.41) is 0. The van der Waals surface area contributed by atoms with Crippen LogP contribution in [0.2, 0.25) is 0 Å². The van der Waals surface area contributed by atoms with Crippen molar-refractivity contribution >= 4 is 11.9 Å². The average Bonchev–Trinajstić information content (AvgIpc) is 2.74. The van der Waals surface area contributed by atoms with Gasteiger partial charge < -0.3 is 14.7 Å². The maximum atomic E-state index is 13.3. The molecule has 152 valence electrons. The minimum Gasteiger partial charge on any atom is -0.335 e. The predicted octanol–water partition coefficient (Wildman–Crippen LogP) is 4.01. The van der Waals surface area contributed by atoms with E-state index >= 15 is 0 Å². The Labute approximate surface area is 168 Å². The van der Waals surface area contributed by atoms with Crippen molar-refractivity contribution < 1.29 is 9.59 Å². The van der Waals surface area contributed by atoms with Crippen LogP contribution in [0.4, 0.5) is 4.79 Å². The standard InChI is InChI=1S/C23H33N3O2/c1-4-25(16(2)3)23(28)24-13-11-17(12-14-24)22(27)26-15-18-9-10-21(26)20-8-6-5-7-19(18)20/h5-8,16-18,21H,4,9-15H2,1-3H3/t18-,21+/m1/s1. The van der Waals surface area contributed by atoms with Gasteiger partial charge in [0.2, 0.25) is 5.91 Å². The average molecular weight is 384 g/mol. The van der Waals surface area contributed by atoms with Gasteiger partial charge in [0.25, 0.3) is 0 Å². The molecule has 3 heterocycles. The highest BCUT2D eigenvalue weighted by Crippen LogP contribution is 2.47. The molecule has 2 bridgehead atoms. The van der Waals surface area contributed by atoms with Crippen molar-refractivity contribution in [2.45, 2.75) is 64.5 Å². The van der Waals surface area contributed by atoms with Gasteiger partial charge in [0, 0.05) is 44.1 Å². The van der Waals surface area contributed by atoms with Gasteiger partial charge in [-0.2, -0.15) is 0 Å². The summed E-state index contributed by atoms with van der Waals surface area (Å²) in [6.07, 6.45) is 3.86. The Hall–Kier alpha value is -2.04. The summed E-state index contributed by atoms with van der Waals surface area (Å²) in [5.41, 5.74) is 2.82. The fraction of sp³-hybridized carbons (Fsp3) is 0.652. The molecule has 0 aromatic heterocycles. The molecule has 0 N–H and O–H groups in total. The largest absolute Gasteiger partial charge is 0.335 e. The molecule has 5 rings (SSSR count). The molecule has 3 aliphatic heterocycles.